The molecule has 0 aromatic heterocycles. The van der Waals surface area contributed by atoms with Gasteiger partial charge >= 0.3 is 5.97 Å². The number of rotatable bonds is 1. The lowest BCUT2D eigenvalue weighted by Gasteiger charge is -2.64. The first-order valence-corrected chi connectivity index (χ1v) is 10.1. The van der Waals surface area contributed by atoms with E-state index in [0.29, 0.717) is 18.1 Å². The van der Waals surface area contributed by atoms with E-state index in [9.17, 15) is 14.7 Å². The van der Waals surface area contributed by atoms with E-state index < -0.39 is 17.1 Å². The summed E-state index contributed by atoms with van der Waals surface area (Å²) in [6.45, 7) is 7.90. The lowest BCUT2D eigenvalue weighted by Crippen LogP contribution is -2.65. The Morgan fingerprint density at radius 3 is 2.60 bits per heavy atom. The third-order valence-corrected chi connectivity index (χ3v) is 8.78. The molecule has 0 aromatic carbocycles. The van der Waals surface area contributed by atoms with Crippen LogP contribution >= 0.6 is 0 Å². The predicted octanol–water partition coefficient (Wildman–Crippen LogP) is 3.50. The maximum absolute atomic E-state index is 13.3. The molecule has 8 atom stereocenters. The monoisotopic (exact) mass is 348 g/mol. The molecule has 0 amide bonds. The maximum atomic E-state index is 13.3. The number of carbonyl (C=O) groups is 2. The van der Waals surface area contributed by atoms with Crippen molar-refractivity contribution in [1.82, 2.24) is 0 Å². The lowest BCUT2D eigenvalue weighted by atomic mass is 9.42. The van der Waals surface area contributed by atoms with Crippen LogP contribution in [0.3, 0.4) is 0 Å². The average molecular weight is 348 g/mol. The van der Waals surface area contributed by atoms with E-state index in [1.54, 1.807) is 0 Å². The fourth-order valence-electron chi connectivity index (χ4n) is 7.79. The molecule has 0 aromatic rings. The van der Waals surface area contributed by atoms with Crippen molar-refractivity contribution in [2.24, 2.45) is 34.5 Å². The minimum atomic E-state index is -0.594. The van der Waals surface area contributed by atoms with Gasteiger partial charge in [0.15, 0.2) is 0 Å². The van der Waals surface area contributed by atoms with Gasteiger partial charge in [-0.3, -0.25) is 9.59 Å². The molecule has 0 aliphatic heterocycles. The van der Waals surface area contributed by atoms with Crippen molar-refractivity contribution in [3.63, 3.8) is 0 Å². The van der Waals surface area contributed by atoms with Crippen LogP contribution in [0, 0.1) is 34.5 Å². The summed E-state index contributed by atoms with van der Waals surface area (Å²) in [7, 11) is 0. The first kappa shape index (κ1) is 17.5. The third kappa shape index (κ3) is 2.09. The zero-order chi connectivity index (χ0) is 18.2. The summed E-state index contributed by atoms with van der Waals surface area (Å²) in [5.74, 6) is 0.953. The minimum Gasteiger partial charge on any atom is -0.459 e. The Labute approximate surface area is 150 Å². The normalized spacial score (nSPS) is 54.6. The summed E-state index contributed by atoms with van der Waals surface area (Å²) in [6.07, 6.45) is 5.93. The number of ether oxygens (including phenoxy) is 1. The number of aliphatic hydroxyl groups is 1. The van der Waals surface area contributed by atoms with Crippen LogP contribution < -0.4 is 0 Å². The van der Waals surface area contributed by atoms with Crippen LogP contribution in [0.25, 0.3) is 0 Å². The molecule has 140 valence electrons. The van der Waals surface area contributed by atoms with E-state index in [1.165, 1.54) is 6.92 Å². The molecular weight excluding hydrogens is 316 g/mol. The van der Waals surface area contributed by atoms with Crippen LogP contribution in [-0.4, -0.2) is 28.6 Å². The second-order valence-corrected chi connectivity index (χ2v) is 9.86. The Morgan fingerprint density at radius 1 is 1.20 bits per heavy atom. The van der Waals surface area contributed by atoms with Gasteiger partial charge in [0.2, 0.25) is 0 Å². The number of hydrogen-bond donors (Lipinski definition) is 1. The van der Waals surface area contributed by atoms with Gasteiger partial charge in [-0.05, 0) is 69.1 Å². The highest BCUT2D eigenvalue weighted by Gasteiger charge is 2.71. The molecule has 1 spiro atoms. The number of esters is 1. The fourth-order valence-corrected chi connectivity index (χ4v) is 7.79. The average Bonchev–Trinajstić information content (AvgIpc) is 2.71. The van der Waals surface area contributed by atoms with Crippen molar-refractivity contribution in [3.8, 4) is 0 Å². The Balaban J connectivity index is 1.78. The van der Waals surface area contributed by atoms with E-state index in [2.05, 4.69) is 13.8 Å². The van der Waals surface area contributed by atoms with Gasteiger partial charge in [0.1, 0.15) is 11.4 Å². The highest BCUT2D eigenvalue weighted by molar-refractivity contribution is 5.91. The van der Waals surface area contributed by atoms with Crippen molar-refractivity contribution in [1.29, 1.82) is 0 Å². The predicted molar refractivity (Wildman–Crippen MR) is 93.7 cm³/mol. The van der Waals surface area contributed by atoms with Crippen molar-refractivity contribution >= 4 is 11.8 Å². The van der Waals surface area contributed by atoms with Crippen LogP contribution in [-0.2, 0) is 14.3 Å². The number of Topliss-reactive ketones (excluding diaryl/α,β-unsaturated/α-hetero) is 1. The maximum Gasteiger partial charge on any atom is 0.303 e. The third-order valence-electron chi connectivity index (χ3n) is 8.78. The summed E-state index contributed by atoms with van der Waals surface area (Å²) in [5.41, 5.74) is -1.10. The highest BCUT2D eigenvalue weighted by atomic mass is 16.6. The molecular formula is C21H32O4. The van der Waals surface area contributed by atoms with Crippen LogP contribution in [0.4, 0.5) is 0 Å². The molecule has 0 saturated heterocycles. The van der Waals surface area contributed by atoms with Crippen molar-refractivity contribution in [3.05, 3.63) is 0 Å². The molecule has 25 heavy (non-hydrogen) atoms. The van der Waals surface area contributed by atoms with E-state index in [-0.39, 0.29) is 29.1 Å². The molecule has 8 unspecified atom stereocenters. The SMILES string of the molecule is CC(=O)OC1(C)CCCC2(C)C1CC(O)C13CC(CCC21)C(C)C3=O. The quantitative estimate of drug-likeness (QED) is 0.737. The zero-order valence-corrected chi connectivity index (χ0v) is 16.0. The minimum absolute atomic E-state index is 0.0353. The second-order valence-electron chi connectivity index (χ2n) is 9.86. The summed E-state index contributed by atoms with van der Waals surface area (Å²) < 4.78 is 5.83. The number of carbonyl (C=O) groups excluding carboxylic acids is 2. The molecule has 4 heteroatoms. The zero-order valence-electron chi connectivity index (χ0n) is 16.0. The summed E-state index contributed by atoms with van der Waals surface area (Å²) >= 11 is 0. The number of aliphatic hydroxyl groups excluding tert-OH is 1. The molecule has 1 N–H and O–H groups in total. The molecule has 4 aliphatic rings. The largest absolute Gasteiger partial charge is 0.459 e. The number of ketones is 1. The highest BCUT2D eigenvalue weighted by Crippen LogP contribution is 2.70. The molecule has 4 rings (SSSR count). The van der Waals surface area contributed by atoms with E-state index in [4.69, 9.17) is 4.74 Å². The number of hydrogen-bond acceptors (Lipinski definition) is 4. The van der Waals surface area contributed by atoms with Crippen molar-refractivity contribution in [2.45, 2.75) is 84.3 Å². The molecule has 0 heterocycles. The molecule has 4 aliphatic carbocycles. The van der Waals surface area contributed by atoms with Gasteiger partial charge in [0.05, 0.1) is 11.5 Å². The Morgan fingerprint density at radius 2 is 1.92 bits per heavy atom. The molecule has 4 fully saturated rings. The van der Waals surface area contributed by atoms with Crippen LogP contribution in [0.5, 0.6) is 0 Å². The molecule has 4 nitrogen and oxygen atoms in total. The topological polar surface area (TPSA) is 63.6 Å². The molecule has 2 bridgehead atoms. The van der Waals surface area contributed by atoms with Gasteiger partial charge in [-0.15, -0.1) is 0 Å². The van der Waals surface area contributed by atoms with Gasteiger partial charge in [-0.1, -0.05) is 13.8 Å². The van der Waals surface area contributed by atoms with E-state index in [0.717, 1.165) is 38.5 Å². The van der Waals surface area contributed by atoms with Gasteiger partial charge in [0.25, 0.3) is 0 Å². The standard InChI is InChI=1S/C21H32O4/c1-12-14-6-7-15-19(3)8-5-9-20(4,25-13(2)22)16(19)10-17(23)21(15,11-14)18(12)24/h12,14-17,23H,5-11H2,1-4H3. The molecule has 4 saturated carbocycles. The Kier molecular flexibility index (Phi) is 3.72. The van der Waals surface area contributed by atoms with E-state index in [1.807, 2.05) is 6.92 Å². The van der Waals surface area contributed by atoms with Gasteiger partial charge in [-0.25, -0.2) is 0 Å². The van der Waals surface area contributed by atoms with Crippen molar-refractivity contribution < 1.29 is 19.4 Å². The van der Waals surface area contributed by atoms with Crippen molar-refractivity contribution in [2.75, 3.05) is 0 Å². The first-order valence-electron chi connectivity index (χ1n) is 10.1. The number of fused-ring (bicyclic) bond motifs is 3. The van der Waals surface area contributed by atoms with E-state index >= 15 is 0 Å². The smallest absolute Gasteiger partial charge is 0.303 e. The van der Waals surface area contributed by atoms with Crippen LogP contribution in [0.15, 0.2) is 0 Å². The Hall–Kier alpha value is -0.900. The molecule has 0 radical (unpaired) electrons. The summed E-state index contributed by atoms with van der Waals surface area (Å²) in [5, 5.41) is 11.2. The van der Waals surface area contributed by atoms with Gasteiger partial charge < -0.3 is 9.84 Å². The van der Waals surface area contributed by atoms with Crippen LogP contribution in [0.1, 0.15) is 72.6 Å². The van der Waals surface area contributed by atoms with Gasteiger partial charge in [0, 0.05) is 18.8 Å². The fraction of sp³-hybridized carbons (Fsp3) is 0.905. The summed E-state index contributed by atoms with van der Waals surface area (Å²) in [4.78, 5) is 25.0. The summed E-state index contributed by atoms with van der Waals surface area (Å²) in [6, 6.07) is 0. The first-order chi connectivity index (χ1) is 11.6. The Bertz CT molecular complexity index is 615. The second kappa shape index (κ2) is 5.31. The van der Waals surface area contributed by atoms with Crippen LogP contribution in [0.2, 0.25) is 0 Å². The lowest BCUT2D eigenvalue weighted by molar-refractivity contribution is -0.227. The van der Waals surface area contributed by atoms with Gasteiger partial charge in [-0.2, -0.15) is 0 Å².